The largest absolute Gasteiger partial charge is 0.496 e. The number of thioether (sulfide) groups is 1. The van der Waals surface area contributed by atoms with E-state index in [-0.39, 0.29) is 0 Å². The van der Waals surface area contributed by atoms with E-state index in [0.29, 0.717) is 29.2 Å². The molecule has 7 heteroatoms. The first kappa shape index (κ1) is 20.6. The predicted molar refractivity (Wildman–Crippen MR) is 109 cm³/mol. The van der Waals surface area contributed by atoms with Crippen molar-refractivity contribution in [3.8, 4) is 17.2 Å². The van der Waals surface area contributed by atoms with Crippen LogP contribution < -0.4 is 19.5 Å². The summed E-state index contributed by atoms with van der Waals surface area (Å²) in [6.45, 7) is 7.20. The van der Waals surface area contributed by atoms with Gasteiger partial charge in [-0.15, -0.1) is 0 Å². The predicted octanol–water partition coefficient (Wildman–Crippen LogP) is 2.86. The third kappa shape index (κ3) is 4.90. The van der Waals surface area contributed by atoms with Gasteiger partial charge in [-0.2, -0.15) is 11.8 Å². The summed E-state index contributed by atoms with van der Waals surface area (Å²) < 4.78 is 16.3. The Balaban J connectivity index is 2.10. The molecule has 146 valence electrons. The van der Waals surface area contributed by atoms with Crippen LogP contribution in [0.15, 0.2) is 17.1 Å². The average Bonchev–Trinajstić information content (AvgIpc) is 2.68. The number of aliphatic imine (C=N–C) groups is 1. The van der Waals surface area contributed by atoms with E-state index in [0.717, 1.165) is 36.1 Å². The van der Waals surface area contributed by atoms with Crippen LogP contribution in [0.3, 0.4) is 0 Å². The van der Waals surface area contributed by atoms with E-state index in [4.69, 9.17) is 14.2 Å². The average molecular weight is 382 g/mol. The van der Waals surface area contributed by atoms with E-state index in [1.807, 2.05) is 19.2 Å². The lowest BCUT2D eigenvalue weighted by molar-refractivity contribution is 0.347. The molecule has 0 bridgehead atoms. The van der Waals surface area contributed by atoms with Gasteiger partial charge in [0.1, 0.15) is 5.75 Å². The summed E-state index contributed by atoms with van der Waals surface area (Å²) >= 11 is 2.06. The maximum atomic E-state index is 5.51. The van der Waals surface area contributed by atoms with Crippen LogP contribution in [-0.2, 0) is 6.54 Å². The van der Waals surface area contributed by atoms with Crippen molar-refractivity contribution >= 4 is 17.7 Å². The monoisotopic (exact) mass is 381 g/mol. The molecule has 26 heavy (non-hydrogen) atoms. The zero-order valence-corrected chi connectivity index (χ0v) is 17.5. The van der Waals surface area contributed by atoms with Crippen LogP contribution in [-0.4, -0.2) is 63.3 Å². The summed E-state index contributed by atoms with van der Waals surface area (Å²) in [7, 11) is 6.75. The van der Waals surface area contributed by atoms with Crippen LogP contribution in [0.5, 0.6) is 17.2 Å². The molecule has 0 spiro atoms. The standard InChI is InChI=1S/C19H31N3O3S/c1-13(2)18-12-22(7-8-26-18)19(20-3)21-11-14-9-16(24-5)17(25-6)10-15(14)23-4/h9-10,13,18H,7-8,11-12H2,1-6H3,(H,20,21). The van der Waals surface area contributed by atoms with Crippen molar-refractivity contribution in [3.05, 3.63) is 17.7 Å². The lowest BCUT2D eigenvalue weighted by atomic mass is 10.1. The second kappa shape index (κ2) is 9.80. The van der Waals surface area contributed by atoms with Gasteiger partial charge in [0, 0.05) is 49.3 Å². The lowest BCUT2D eigenvalue weighted by Gasteiger charge is -2.36. The summed E-state index contributed by atoms with van der Waals surface area (Å²) in [5.74, 6) is 4.82. The molecule has 0 amide bonds. The smallest absolute Gasteiger partial charge is 0.193 e. The number of rotatable bonds is 6. The normalized spacial score (nSPS) is 18.0. The minimum Gasteiger partial charge on any atom is -0.496 e. The van der Waals surface area contributed by atoms with Gasteiger partial charge in [-0.25, -0.2) is 0 Å². The van der Waals surface area contributed by atoms with E-state index in [1.165, 1.54) is 0 Å². The Morgan fingerprint density at radius 2 is 1.85 bits per heavy atom. The quantitative estimate of drug-likeness (QED) is 0.604. The fourth-order valence-corrected chi connectivity index (χ4v) is 4.31. The number of hydrogen-bond donors (Lipinski definition) is 1. The van der Waals surface area contributed by atoms with Crippen LogP contribution in [0.2, 0.25) is 0 Å². The Bertz CT molecular complexity index is 622. The van der Waals surface area contributed by atoms with Crippen molar-refractivity contribution in [2.75, 3.05) is 47.2 Å². The number of methoxy groups -OCH3 is 3. The number of ether oxygens (including phenoxy) is 3. The van der Waals surface area contributed by atoms with Crippen LogP contribution >= 0.6 is 11.8 Å². The van der Waals surface area contributed by atoms with Crippen molar-refractivity contribution in [3.63, 3.8) is 0 Å². The van der Waals surface area contributed by atoms with Gasteiger partial charge in [0.15, 0.2) is 17.5 Å². The Labute approximate surface area is 161 Å². The molecule has 0 aromatic heterocycles. The Morgan fingerprint density at radius 3 is 2.42 bits per heavy atom. The van der Waals surface area contributed by atoms with Gasteiger partial charge in [0.25, 0.3) is 0 Å². The molecule has 1 fully saturated rings. The minimum absolute atomic E-state index is 0.603. The second-order valence-electron chi connectivity index (χ2n) is 6.52. The molecule has 6 nitrogen and oxygen atoms in total. The first-order chi connectivity index (χ1) is 12.5. The lowest BCUT2D eigenvalue weighted by Crippen LogP contribution is -2.48. The number of nitrogens with one attached hydrogen (secondary N) is 1. The summed E-state index contributed by atoms with van der Waals surface area (Å²) in [5.41, 5.74) is 0.998. The Morgan fingerprint density at radius 1 is 1.19 bits per heavy atom. The summed E-state index contributed by atoms with van der Waals surface area (Å²) in [6.07, 6.45) is 0. The molecule has 1 aromatic rings. The fraction of sp³-hybridized carbons (Fsp3) is 0.632. The molecule has 1 aromatic carbocycles. The molecule has 0 radical (unpaired) electrons. The molecule has 0 saturated carbocycles. The molecule has 1 saturated heterocycles. The molecular weight excluding hydrogens is 350 g/mol. The van der Waals surface area contributed by atoms with Crippen molar-refractivity contribution in [2.24, 2.45) is 10.9 Å². The Kier molecular flexibility index (Phi) is 7.75. The molecule has 1 unspecified atom stereocenters. The number of nitrogens with zero attached hydrogens (tertiary/aromatic N) is 2. The Hall–Kier alpha value is -1.76. The SMILES string of the molecule is CN=C(NCc1cc(OC)c(OC)cc1OC)N1CCSC(C(C)C)C1. The van der Waals surface area contributed by atoms with E-state index < -0.39 is 0 Å². The maximum Gasteiger partial charge on any atom is 0.193 e. The van der Waals surface area contributed by atoms with Crippen LogP contribution in [0, 0.1) is 5.92 Å². The van der Waals surface area contributed by atoms with Crippen LogP contribution in [0.4, 0.5) is 0 Å². The third-order valence-corrected chi connectivity index (χ3v) is 6.11. The van der Waals surface area contributed by atoms with Crippen molar-refractivity contribution < 1.29 is 14.2 Å². The second-order valence-corrected chi connectivity index (χ2v) is 7.87. The van der Waals surface area contributed by atoms with Crippen molar-refractivity contribution in [2.45, 2.75) is 25.6 Å². The van der Waals surface area contributed by atoms with Gasteiger partial charge >= 0.3 is 0 Å². The van der Waals surface area contributed by atoms with Gasteiger partial charge in [-0.05, 0) is 12.0 Å². The summed E-state index contributed by atoms with van der Waals surface area (Å²) in [6, 6.07) is 3.80. The number of guanidine groups is 1. The molecular formula is C19H31N3O3S. The number of hydrogen-bond acceptors (Lipinski definition) is 5. The minimum atomic E-state index is 0.603. The molecule has 2 rings (SSSR count). The zero-order chi connectivity index (χ0) is 19.1. The molecule has 0 aliphatic carbocycles. The van der Waals surface area contributed by atoms with Gasteiger partial charge in [-0.1, -0.05) is 13.8 Å². The zero-order valence-electron chi connectivity index (χ0n) is 16.7. The maximum absolute atomic E-state index is 5.51. The first-order valence-corrected chi connectivity index (χ1v) is 9.95. The highest BCUT2D eigenvalue weighted by molar-refractivity contribution is 8.00. The third-order valence-electron chi connectivity index (χ3n) is 4.57. The highest BCUT2D eigenvalue weighted by Gasteiger charge is 2.25. The van der Waals surface area contributed by atoms with Gasteiger partial charge in [-0.3, -0.25) is 4.99 Å². The van der Waals surface area contributed by atoms with E-state index >= 15 is 0 Å². The molecule has 1 heterocycles. The molecule has 1 N–H and O–H groups in total. The molecule has 1 aliphatic heterocycles. The van der Waals surface area contributed by atoms with E-state index in [2.05, 4.69) is 40.8 Å². The van der Waals surface area contributed by atoms with Gasteiger partial charge in [0.2, 0.25) is 0 Å². The van der Waals surface area contributed by atoms with Crippen LogP contribution in [0.1, 0.15) is 19.4 Å². The first-order valence-electron chi connectivity index (χ1n) is 8.90. The van der Waals surface area contributed by atoms with Gasteiger partial charge < -0.3 is 24.4 Å². The highest BCUT2D eigenvalue weighted by atomic mass is 32.2. The highest BCUT2D eigenvalue weighted by Crippen LogP contribution is 2.34. The number of benzene rings is 1. The molecule has 1 aliphatic rings. The van der Waals surface area contributed by atoms with Crippen molar-refractivity contribution in [1.82, 2.24) is 10.2 Å². The van der Waals surface area contributed by atoms with Gasteiger partial charge in [0.05, 0.1) is 21.3 Å². The van der Waals surface area contributed by atoms with E-state index in [1.54, 1.807) is 21.3 Å². The summed E-state index contributed by atoms with van der Waals surface area (Å²) in [5, 5.41) is 4.11. The topological polar surface area (TPSA) is 55.3 Å². The molecule has 1 atom stereocenters. The fourth-order valence-electron chi connectivity index (χ4n) is 3.01. The van der Waals surface area contributed by atoms with Crippen molar-refractivity contribution in [1.29, 1.82) is 0 Å². The van der Waals surface area contributed by atoms with E-state index in [9.17, 15) is 0 Å². The summed E-state index contributed by atoms with van der Waals surface area (Å²) in [4.78, 5) is 6.82. The van der Waals surface area contributed by atoms with Crippen LogP contribution in [0.25, 0.3) is 0 Å².